The Labute approximate surface area is 87.8 Å². The number of sulfonamides is 1. The van der Waals surface area contributed by atoms with Crippen LogP contribution >= 0.6 is 0 Å². The summed E-state index contributed by atoms with van der Waals surface area (Å²) in [6, 6.07) is 5.05. The van der Waals surface area contributed by atoms with Crippen molar-refractivity contribution in [3.63, 3.8) is 0 Å². The molecule has 15 heavy (non-hydrogen) atoms. The van der Waals surface area contributed by atoms with Crippen LogP contribution in [0, 0.1) is 11.3 Å². The molecule has 0 aliphatic heterocycles. The summed E-state index contributed by atoms with van der Waals surface area (Å²) in [7, 11) is -3.45. The summed E-state index contributed by atoms with van der Waals surface area (Å²) in [5, 5.41) is 16.2. The summed E-state index contributed by atoms with van der Waals surface area (Å²) in [6.45, 7) is 0.202. The lowest BCUT2D eigenvalue weighted by molar-refractivity contribution is 0.598. The number of rotatable bonds is 4. The first-order chi connectivity index (χ1) is 7.01. The fourth-order valence-corrected chi connectivity index (χ4v) is 1.33. The third-order valence-electron chi connectivity index (χ3n) is 1.59. The molecule has 0 spiro atoms. The Balaban J connectivity index is 2.55. The maximum Gasteiger partial charge on any atom is 0.210 e. The van der Waals surface area contributed by atoms with Crippen molar-refractivity contribution >= 4 is 15.7 Å². The molecule has 1 aromatic heterocycles. The van der Waals surface area contributed by atoms with Crippen LogP contribution in [-0.2, 0) is 10.0 Å². The number of anilines is 1. The molecule has 0 saturated carbocycles. The highest BCUT2D eigenvalue weighted by atomic mass is 32.2. The van der Waals surface area contributed by atoms with Crippen LogP contribution < -0.4 is 10.5 Å². The summed E-state index contributed by atoms with van der Waals surface area (Å²) in [5.41, 5.74) is 0.917. The first kappa shape index (κ1) is 11.4. The summed E-state index contributed by atoms with van der Waals surface area (Å²) < 4.78 is 21.2. The van der Waals surface area contributed by atoms with E-state index in [1.807, 2.05) is 6.07 Å². The summed E-state index contributed by atoms with van der Waals surface area (Å²) in [6.07, 6.45) is 1.47. The lowest BCUT2D eigenvalue weighted by Gasteiger charge is -2.04. The largest absolute Gasteiger partial charge is 0.384 e. The van der Waals surface area contributed by atoms with Gasteiger partial charge in [-0.05, 0) is 12.1 Å². The van der Waals surface area contributed by atoms with Crippen molar-refractivity contribution in [2.45, 2.75) is 0 Å². The number of hydrogen-bond acceptors (Lipinski definition) is 5. The van der Waals surface area contributed by atoms with E-state index in [1.54, 1.807) is 6.07 Å². The van der Waals surface area contributed by atoms with E-state index in [4.69, 9.17) is 10.4 Å². The molecule has 3 N–H and O–H groups in total. The lowest BCUT2D eigenvalue weighted by Crippen LogP contribution is -2.22. The van der Waals surface area contributed by atoms with Crippen LogP contribution in [0.2, 0.25) is 0 Å². The second-order valence-corrected chi connectivity index (χ2v) is 4.57. The average Bonchev–Trinajstić information content (AvgIpc) is 2.16. The number of nitrogens with one attached hydrogen (secondary N) is 1. The summed E-state index contributed by atoms with van der Waals surface area (Å²) in [5.74, 6) is -0.156. The molecule has 6 nitrogen and oxygen atoms in total. The van der Waals surface area contributed by atoms with E-state index in [2.05, 4.69) is 10.3 Å². The van der Waals surface area contributed by atoms with Crippen molar-refractivity contribution in [3.8, 4) is 6.07 Å². The molecule has 0 aliphatic carbocycles. The van der Waals surface area contributed by atoms with Crippen molar-refractivity contribution in [3.05, 3.63) is 24.0 Å². The van der Waals surface area contributed by atoms with Gasteiger partial charge in [0, 0.05) is 18.4 Å². The van der Waals surface area contributed by atoms with E-state index in [1.165, 1.54) is 12.3 Å². The predicted octanol–water partition coefficient (Wildman–Crippen LogP) is -0.346. The molecule has 0 radical (unpaired) electrons. The standard InChI is InChI=1S/C8H10N4O2S/c9-6-8-5-7(1-2-11-8)12-3-4-15(10,13)14/h1-2,5H,3-4H2,(H,11,12)(H2,10,13,14). The minimum atomic E-state index is -3.45. The van der Waals surface area contributed by atoms with Crippen molar-refractivity contribution in [2.75, 3.05) is 17.6 Å². The van der Waals surface area contributed by atoms with E-state index in [9.17, 15) is 8.42 Å². The lowest BCUT2D eigenvalue weighted by atomic mass is 10.3. The van der Waals surface area contributed by atoms with Gasteiger partial charge in [0.15, 0.2) is 0 Å². The molecule has 80 valence electrons. The maximum absolute atomic E-state index is 10.6. The molecule has 7 heteroatoms. The zero-order chi connectivity index (χ0) is 11.3. The number of nitrogens with zero attached hydrogens (tertiary/aromatic N) is 2. The Morgan fingerprint density at radius 2 is 2.33 bits per heavy atom. The van der Waals surface area contributed by atoms with E-state index in [0.717, 1.165) is 0 Å². The maximum atomic E-state index is 10.6. The zero-order valence-electron chi connectivity index (χ0n) is 7.84. The van der Waals surface area contributed by atoms with Gasteiger partial charge in [-0.25, -0.2) is 18.5 Å². The van der Waals surface area contributed by atoms with Gasteiger partial charge < -0.3 is 5.32 Å². The molecule has 0 saturated heterocycles. The number of primary sulfonamides is 1. The Hall–Kier alpha value is -1.65. The predicted molar refractivity (Wildman–Crippen MR) is 55.4 cm³/mol. The SMILES string of the molecule is N#Cc1cc(NCCS(N)(=O)=O)ccn1. The zero-order valence-corrected chi connectivity index (χ0v) is 8.66. The van der Waals surface area contributed by atoms with Crippen molar-refractivity contribution in [1.82, 2.24) is 4.98 Å². The Morgan fingerprint density at radius 1 is 1.60 bits per heavy atom. The van der Waals surface area contributed by atoms with Gasteiger partial charge in [0.2, 0.25) is 10.0 Å². The number of hydrogen-bond donors (Lipinski definition) is 2. The third-order valence-corrected chi connectivity index (χ3v) is 2.36. The van der Waals surface area contributed by atoms with Crippen LogP contribution in [-0.4, -0.2) is 25.7 Å². The number of aromatic nitrogens is 1. The van der Waals surface area contributed by atoms with Crippen molar-refractivity contribution in [1.29, 1.82) is 5.26 Å². The van der Waals surface area contributed by atoms with Crippen LogP contribution in [0.5, 0.6) is 0 Å². The Kier molecular flexibility index (Phi) is 3.60. The smallest absolute Gasteiger partial charge is 0.210 e. The van der Waals surface area contributed by atoms with Crippen LogP contribution in [0.1, 0.15) is 5.69 Å². The second kappa shape index (κ2) is 4.72. The van der Waals surface area contributed by atoms with Gasteiger partial charge in [0.05, 0.1) is 5.75 Å². The average molecular weight is 226 g/mol. The first-order valence-electron chi connectivity index (χ1n) is 4.12. The van der Waals surface area contributed by atoms with E-state index < -0.39 is 10.0 Å². The molecule has 1 aromatic rings. The van der Waals surface area contributed by atoms with Crippen molar-refractivity contribution < 1.29 is 8.42 Å². The van der Waals surface area contributed by atoms with Gasteiger partial charge in [-0.2, -0.15) is 5.26 Å². The van der Waals surface area contributed by atoms with Crippen LogP contribution in [0.25, 0.3) is 0 Å². The fourth-order valence-electron chi connectivity index (χ4n) is 0.939. The summed E-state index contributed by atoms with van der Waals surface area (Å²) in [4.78, 5) is 3.77. The van der Waals surface area contributed by atoms with E-state index >= 15 is 0 Å². The van der Waals surface area contributed by atoms with E-state index in [0.29, 0.717) is 5.69 Å². The molecule has 0 atom stereocenters. The molecule has 0 amide bonds. The molecule has 1 heterocycles. The van der Waals surface area contributed by atoms with Gasteiger partial charge >= 0.3 is 0 Å². The Bertz CT molecular complexity index is 478. The van der Waals surface area contributed by atoms with Gasteiger partial charge in [-0.3, -0.25) is 0 Å². The quantitative estimate of drug-likeness (QED) is 0.729. The molecule has 0 fully saturated rings. The molecule has 0 aliphatic rings. The highest BCUT2D eigenvalue weighted by Crippen LogP contribution is 2.06. The Morgan fingerprint density at radius 3 is 2.93 bits per heavy atom. The molecule has 0 bridgehead atoms. The molecule has 1 rings (SSSR count). The third kappa shape index (κ3) is 4.39. The van der Waals surface area contributed by atoms with Crippen LogP contribution in [0.4, 0.5) is 5.69 Å². The van der Waals surface area contributed by atoms with E-state index in [-0.39, 0.29) is 18.0 Å². The molecular weight excluding hydrogens is 216 g/mol. The number of nitrogens with two attached hydrogens (primary N) is 1. The minimum Gasteiger partial charge on any atom is -0.384 e. The van der Waals surface area contributed by atoms with Crippen LogP contribution in [0.15, 0.2) is 18.3 Å². The normalized spacial score (nSPS) is 10.7. The minimum absolute atomic E-state index is 0.156. The highest BCUT2D eigenvalue weighted by Gasteiger charge is 2.01. The molecular formula is C8H10N4O2S. The number of pyridine rings is 1. The highest BCUT2D eigenvalue weighted by molar-refractivity contribution is 7.89. The number of nitriles is 1. The van der Waals surface area contributed by atoms with Crippen molar-refractivity contribution in [2.24, 2.45) is 5.14 Å². The summed E-state index contributed by atoms with van der Waals surface area (Å²) >= 11 is 0. The monoisotopic (exact) mass is 226 g/mol. The molecule has 0 aromatic carbocycles. The first-order valence-corrected chi connectivity index (χ1v) is 5.83. The topological polar surface area (TPSA) is 109 Å². The van der Waals surface area contributed by atoms with Gasteiger partial charge in [-0.15, -0.1) is 0 Å². The fraction of sp³-hybridized carbons (Fsp3) is 0.250. The van der Waals surface area contributed by atoms with Crippen LogP contribution in [0.3, 0.4) is 0 Å². The van der Waals surface area contributed by atoms with Gasteiger partial charge in [0.1, 0.15) is 11.8 Å². The molecule has 0 unspecified atom stereocenters. The second-order valence-electron chi connectivity index (χ2n) is 2.84. The van der Waals surface area contributed by atoms with Gasteiger partial charge in [-0.1, -0.05) is 0 Å². The van der Waals surface area contributed by atoms with Gasteiger partial charge in [0.25, 0.3) is 0 Å².